The van der Waals surface area contributed by atoms with Crippen molar-refractivity contribution in [1.29, 1.82) is 0 Å². The first-order valence-corrected chi connectivity index (χ1v) is 8.73. The summed E-state index contributed by atoms with van der Waals surface area (Å²) in [4.78, 5) is 13.7. The van der Waals surface area contributed by atoms with Crippen molar-refractivity contribution in [3.63, 3.8) is 0 Å². The summed E-state index contributed by atoms with van der Waals surface area (Å²) < 4.78 is 11.1. The molecule has 3 rings (SSSR count). The molecule has 2 aromatic carbocycles. The molecular formula is C20H24N2O3. The minimum absolute atomic E-state index is 0.401. The SMILES string of the molecule is CCN(CC)CCOc1ccc(-c2ccc3c(c2)OC(=O)NC3)cc1. The van der Waals surface area contributed by atoms with Gasteiger partial charge in [0.1, 0.15) is 18.1 Å². The molecule has 1 heterocycles. The van der Waals surface area contributed by atoms with E-state index >= 15 is 0 Å². The lowest BCUT2D eigenvalue weighted by atomic mass is 10.0. The summed E-state index contributed by atoms with van der Waals surface area (Å²) in [5.41, 5.74) is 3.07. The van der Waals surface area contributed by atoms with Crippen molar-refractivity contribution in [2.24, 2.45) is 0 Å². The highest BCUT2D eigenvalue weighted by molar-refractivity contribution is 5.75. The van der Waals surface area contributed by atoms with Crippen LogP contribution in [0.15, 0.2) is 42.5 Å². The Labute approximate surface area is 148 Å². The van der Waals surface area contributed by atoms with E-state index in [-0.39, 0.29) is 0 Å². The van der Waals surface area contributed by atoms with E-state index in [1.165, 1.54) is 0 Å². The molecule has 0 atom stereocenters. The molecule has 0 unspecified atom stereocenters. The van der Waals surface area contributed by atoms with Crippen LogP contribution in [0, 0.1) is 0 Å². The van der Waals surface area contributed by atoms with Gasteiger partial charge in [-0.25, -0.2) is 4.79 Å². The molecule has 0 aliphatic carbocycles. The van der Waals surface area contributed by atoms with Crippen molar-refractivity contribution >= 4 is 6.09 Å². The minimum Gasteiger partial charge on any atom is -0.492 e. The monoisotopic (exact) mass is 340 g/mol. The minimum atomic E-state index is -0.401. The smallest absolute Gasteiger partial charge is 0.412 e. The van der Waals surface area contributed by atoms with E-state index in [4.69, 9.17) is 9.47 Å². The molecule has 0 spiro atoms. The van der Waals surface area contributed by atoms with Gasteiger partial charge in [0, 0.05) is 18.7 Å². The zero-order chi connectivity index (χ0) is 17.6. The number of nitrogens with one attached hydrogen (secondary N) is 1. The predicted octanol–water partition coefficient (Wildman–Crippen LogP) is 3.68. The van der Waals surface area contributed by atoms with Gasteiger partial charge in [-0.05, 0) is 42.4 Å². The summed E-state index contributed by atoms with van der Waals surface area (Å²) in [7, 11) is 0. The molecule has 5 heteroatoms. The average molecular weight is 340 g/mol. The Hall–Kier alpha value is -2.53. The molecule has 0 radical (unpaired) electrons. The Kier molecular flexibility index (Phi) is 5.56. The molecule has 5 nitrogen and oxygen atoms in total. The highest BCUT2D eigenvalue weighted by Crippen LogP contribution is 2.30. The fourth-order valence-electron chi connectivity index (χ4n) is 2.85. The molecule has 0 aromatic heterocycles. The molecule has 1 amide bonds. The van der Waals surface area contributed by atoms with Gasteiger partial charge >= 0.3 is 6.09 Å². The maximum atomic E-state index is 11.4. The number of likely N-dealkylation sites (N-methyl/N-ethyl adjacent to an activating group) is 1. The number of benzene rings is 2. The van der Waals surface area contributed by atoms with Crippen LogP contribution in [-0.2, 0) is 6.54 Å². The highest BCUT2D eigenvalue weighted by atomic mass is 16.6. The van der Waals surface area contributed by atoms with E-state index in [0.29, 0.717) is 18.9 Å². The molecule has 1 aliphatic rings. The quantitative estimate of drug-likeness (QED) is 0.835. The van der Waals surface area contributed by atoms with Crippen molar-refractivity contribution in [2.75, 3.05) is 26.2 Å². The maximum Gasteiger partial charge on any atom is 0.412 e. The zero-order valence-corrected chi connectivity index (χ0v) is 14.7. The number of hydrogen-bond donors (Lipinski definition) is 1. The summed E-state index contributed by atoms with van der Waals surface area (Å²) >= 11 is 0. The first kappa shape index (κ1) is 17.3. The van der Waals surface area contributed by atoms with Gasteiger partial charge in [0.15, 0.2) is 0 Å². The van der Waals surface area contributed by atoms with Crippen LogP contribution < -0.4 is 14.8 Å². The first-order valence-electron chi connectivity index (χ1n) is 8.73. The lowest BCUT2D eigenvalue weighted by Gasteiger charge is -2.18. The molecule has 0 bridgehead atoms. The van der Waals surface area contributed by atoms with Gasteiger partial charge in [-0.2, -0.15) is 0 Å². The Balaban J connectivity index is 1.64. The van der Waals surface area contributed by atoms with Crippen LogP contribution in [0.3, 0.4) is 0 Å². The van der Waals surface area contributed by atoms with E-state index < -0.39 is 6.09 Å². The number of nitrogens with zero attached hydrogens (tertiary/aromatic N) is 1. The van der Waals surface area contributed by atoms with Crippen molar-refractivity contribution in [3.8, 4) is 22.6 Å². The molecule has 25 heavy (non-hydrogen) atoms. The summed E-state index contributed by atoms with van der Waals surface area (Å²) in [5, 5.41) is 2.66. The standard InChI is InChI=1S/C20H24N2O3/c1-3-22(4-2)11-12-24-18-9-7-15(8-10-18)16-5-6-17-14-21-20(23)25-19(17)13-16/h5-10,13H,3-4,11-12,14H2,1-2H3,(H,21,23). The van der Waals surface area contributed by atoms with Crippen molar-refractivity contribution < 1.29 is 14.3 Å². The second kappa shape index (κ2) is 8.03. The molecule has 2 aromatic rings. The number of amides is 1. The molecular weight excluding hydrogens is 316 g/mol. The topological polar surface area (TPSA) is 50.8 Å². The number of hydrogen-bond acceptors (Lipinski definition) is 4. The van der Waals surface area contributed by atoms with Gasteiger partial charge < -0.3 is 19.7 Å². The number of rotatable bonds is 7. The van der Waals surface area contributed by atoms with Gasteiger partial charge in [0.2, 0.25) is 0 Å². The summed E-state index contributed by atoms with van der Waals surface area (Å²) in [6.07, 6.45) is -0.401. The van der Waals surface area contributed by atoms with Crippen molar-refractivity contribution in [1.82, 2.24) is 10.2 Å². The lowest BCUT2D eigenvalue weighted by molar-refractivity contribution is 0.194. The maximum absolute atomic E-state index is 11.4. The normalized spacial score (nSPS) is 13.2. The van der Waals surface area contributed by atoms with Gasteiger partial charge in [0.05, 0.1) is 0 Å². The summed E-state index contributed by atoms with van der Waals surface area (Å²) in [5.74, 6) is 1.49. The predicted molar refractivity (Wildman–Crippen MR) is 98.0 cm³/mol. The molecule has 0 saturated carbocycles. The summed E-state index contributed by atoms with van der Waals surface area (Å²) in [6, 6.07) is 13.9. The average Bonchev–Trinajstić information content (AvgIpc) is 2.65. The Morgan fingerprint density at radius 1 is 1.08 bits per heavy atom. The van der Waals surface area contributed by atoms with Gasteiger partial charge in [-0.15, -0.1) is 0 Å². The number of fused-ring (bicyclic) bond motifs is 1. The van der Waals surface area contributed by atoms with E-state index in [9.17, 15) is 4.79 Å². The number of ether oxygens (including phenoxy) is 2. The van der Waals surface area contributed by atoms with Gasteiger partial charge in [-0.3, -0.25) is 0 Å². The van der Waals surface area contributed by atoms with Gasteiger partial charge in [0.25, 0.3) is 0 Å². The fourth-order valence-corrected chi connectivity index (χ4v) is 2.85. The van der Waals surface area contributed by atoms with Gasteiger partial charge in [-0.1, -0.05) is 38.1 Å². The second-order valence-corrected chi connectivity index (χ2v) is 5.97. The van der Waals surface area contributed by atoms with Crippen LogP contribution in [0.4, 0.5) is 4.79 Å². The molecule has 0 fully saturated rings. The van der Waals surface area contributed by atoms with Crippen molar-refractivity contribution in [2.45, 2.75) is 20.4 Å². The van der Waals surface area contributed by atoms with Crippen molar-refractivity contribution in [3.05, 3.63) is 48.0 Å². The number of carbonyl (C=O) groups is 1. The Bertz CT molecular complexity index is 724. The third kappa shape index (κ3) is 4.31. The van der Waals surface area contributed by atoms with E-state index in [1.54, 1.807) is 0 Å². The summed E-state index contributed by atoms with van der Waals surface area (Å²) in [6.45, 7) is 8.51. The van der Waals surface area contributed by atoms with E-state index in [0.717, 1.165) is 42.1 Å². The molecule has 1 aliphatic heterocycles. The van der Waals surface area contributed by atoms with E-state index in [1.807, 2.05) is 42.5 Å². The number of carbonyl (C=O) groups excluding carboxylic acids is 1. The molecule has 1 N–H and O–H groups in total. The van der Waals surface area contributed by atoms with E-state index in [2.05, 4.69) is 24.1 Å². The van der Waals surface area contributed by atoms with Crippen LogP contribution in [0.25, 0.3) is 11.1 Å². The van der Waals surface area contributed by atoms with Crippen LogP contribution >= 0.6 is 0 Å². The fraction of sp³-hybridized carbons (Fsp3) is 0.350. The third-order valence-corrected chi connectivity index (χ3v) is 4.45. The lowest BCUT2D eigenvalue weighted by Crippen LogP contribution is -2.31. The third-order valence-electron chi connectivity index (χ3n) is 4.45. The van der Waals surface area contributed by atoms with Crippen LogP contribution in [0.2, 0.25) is 0 Å². The largest absolute Gasteiger partial charge is 0.492 e. The molecule has 0 saturated heterocycles. The second-order valence-electron chi connectivity index (χ2n) is 5.97. The van der Waals surface area contributed by atoms with Crippen LogP contribution in [0.5, 0.6) is 11.5 Å². The highest BCUT2D eigenvalue weighted by Gasteiger charge is 2.16. The Morgan fingerprint density at radius 3 is 2.52 bits per heavy atom. The Morgan fingerprint density at radius 2 is 1.80 bits per heavy atom. The zero-order valence-electron chi connectivity index (χ0n) is 14.7. The molecule has 132 valence electrons. The van der Waals surface area contributed by atoms with Crippen LogP contribution in [-0.4, -0.2) is 37.2 Å². The van der Waals surface area contributed by atoms with Crippen LogP contribution in [0.1, 0.15) is 19.4 Å². The first-order chi connectivity index (χ1) is 12.2.